The molecule has 0 amide bonds. The Bertz CT molecular complexity index is 765. The summed E-state index contributed by atoms with van der Waals surface area (Å²) in [6, 6.07) is 7.26. The Morgan fingerprint density at radius 3 is 2.48 bits per heavy atom. The Morgan fingerprint density at radius 1 is 1.17 bits per heavy atom. The van der Waals surface area contributed by atoms with E-state index in [1.165, 1.54) is 6.42 Å². The quantitative estimate of drug-likeness (QED) is 0.345. The summed E-state index contributed by atoms with van der Waals surface area (Å²) in [7, 11) is -1.54. The molecular weight excluding hydrogens is 519 g/mol. The van der Waals surface area contributed by atoms with Gasteiger partial charge in [0.1, 0.15) is 0 Å². The van der Waals surface area contributed by atoms with Crippen LogP contribution in [-0.2, 0) is 16.6 Å². The average molecular weight is 553 g/mol. The van der Waals surface area contributed by atoms with Crippen LogP contribution in [0.25, 0.3) is 0 Å². The molecule has 1 atom stereocenters. The van der Waals surface area contributed by atoms with Crippen molar-refractivity contribution in [3.8, 4) is 0 Å². The number of halogens is 1. The fourth-order valence-corrected chi connectivity index (χ4v) is 6.40. The van der Waals surface area contributed by atoms with Crippen molar-refractivity contribution in [1.82, 2.24) is 14.5 Å². The molecule has 0 spiro atoms. The van der Waals surface area contributed by atoms with Crippen molar-refractivity contribution in [3.63, 3.8) is 0 Å². The van der Waals surface area contributed by atoms with E-state index in [1.807, 2.05) is 30.9 Å². The third-order valence-corrected chi connectivity index (χ3v) is 8.72. The van der Waals surface area contributed by atoms with Gasteiger partial charge in [-0.25, -0.2) is 8.42 Å². The SMILES string of the molecule is CCC1CN(C(=NC)NCc2ccc(S(=O)(=O)N3CCCCC3)cc2)CCS1.I. The summed E-state index contributed by atoms with van der Waals surface area (Å²) in [4.78, 5) is 7.14. The van der Waals surface area contributed by atoms with Crippen LogP contribution in [-0.4, -0.2) is 67.8 Å². The Labute approximate surface area is 197 Å². The molecule has 1 aromatic carbocycles. The molecular formula is C20H33IN4O2S2. The molecule has 2 fully saturated rings. The molecule has 6 nitrogen and oxygen atoms in total. The van der Waals surface area contributed by atoms with E-state index in [9.17, 15) is 8.42 Å². The predicted octanol–water partition coefficient (Wildman–Crippen LogP) is 3.38. The van der Waals surface area contributed by atoms with Gasteiger partial charge >= 0.3 is 0 Å². The molecule has 2 heterocycles. The van der Waals surface area contributed by atoms with Crippen LogP contribution < -0.4 is 5.32 Å². The number of aliphatic imine (C=N–C) groups is 1. The van der Waals surface area contributed by atoms with E-state index in [2.05, 4.69) is 22.1 Å². The number of rotatable bonds is 5. The molecule has 1 aromatic rings. The van der Waals surface area contributed by atoms with Crippen LogP contribution in [0.15, 0.2) is 34.2 Å². The minimum Gasteiger partial charge on any atom is -0.352 e. The van der Waals surface area contributed by atoms with Crippen molar-refractivity contribution in [2.24, 2.45) is 4.99 Å². The maximum absolute atomic E-state index is 12.8. The molecule has 0 saturated carbocycles. The molecule has 0 aliphatic carbocycles. The molecule has 164 valence electrons. The Kier molecular flexibility index (Phi) is 10.0. The first-order valence-electron chi connectivity index (χ1n) is 10.2. The monoisotopic (exact) mass is 552 g/mol. The van der Waals surface area contributed by atoms with Crippen LogP contribution in [0.2, 0.25) is 0 Å². The molecule has 9 heteroatoms. The van der Waals surface area contributed by atoms with Gasteiger partial charge in [-0.2, -0.15) is 16.1 Å². The van der Waals surface area contributed by atoms with Gasteiger partial charge in [0, 0.05) is 50.8 Å². The van der Waals surface area contributed by atoms with Crippen molar-refractivity contribution in [2.45, 2.75) is 49.3 Å². The topological polar surface area (TPSA) is 65.0 Å². The number of nitrogens with zero attached hydrogens (tertiary/aromatic N) is 3. The summed E-state index contributed by atoms with van der Waals surface area (Å²) in [6.45, 7) is 6.17. The highest BCUT2D eigenvalue weighted by atomic mass is 127. The van der Waals surface area contributed by atoms with Crippen LogP contribution in [0.1, 0.15) is 38.2 Å². The van der Waals surface area contributed by atoms with Gasteiger partial charge in [-0.1, -0.05) is 25.5 Å². The lowest BCUT2D eigenvalue weighted by Gasteiger charge is -2.34. The summed E-state index contributed by atoms with van der Waals surface area (Å²) >= 11 is 2.04. The molecule has 0 aromatic heterocycles. The minimum atomic E-state index is -3.36. The first-order chi connectivity index (χ1) is 13.5. The first kappa shape index (κ1) is 24.7. The first-order valence-corrected chi connectivity index (χ1v) is 12.7. The number of thioether (sulfide) groups is 1. The normalized spacial score (nSPS) is 21.5. The highest BCUT2D eigenvalue weighted by Gasteiger charge is 2.26. The van der Waals surface area contributed by atoms with Crippen molar-refractivity contribution < 1.29 is 8.42 Å². The van der Waals surface area contributed by atoms with Gasteiger partial charge in [-0.05, 0) is 37.0 Å². The maximum Gasteiger partial charge on any atom is 0.243 e. The second-order valence-electron chi connectivity index (χ2n) is 7.36. The van der Waals surface area contributed by atoms with Gasteiger partial charge < -0.3 is 10.2 Å². The van der Waals surface area contributed by atoms with Crippen molar-refractivity contribution >= 4 is 51.7 Å². The number of nitrogens with one attached hydrogen (secondary N) is 1. The van der Waals surface area contributed by atoms with E-state index >= 15 is 0 Å². The number of sulfonamides is 1. The summed E-state index contributed by atoms with van der Waals surface area (Å²) in [6.07, 6.45) is 4.19. The van der Waals surface area contributed by atoms with E-state index in [0.717, 1.165) is 49.6 Å². The number of benzene rings is 1. The van der Waals surface area contributed by atoms with E-state index < -0.39 is 10.0 Å². The van der Waals surface area contributed by atoms with Gasteiger partial charge in [-0.15, -0.1) is 24.0 Å². The summed E-state index contributed by atoms with van der Waals surface area (Å²) in [5.74, 6) is 2.05. The van der Waals surface area contributed by atoms with Gasteiger partial charge in [0.15, 0.2) is 5.96 Å². The molecule has 2 saturated heterocycles. The average Bonchev–Trinajstić information content (AvgIpc) is 2.75. The number of hydrogen-bond acceptors (Lipinski definition) is 4. The summed E-state index contributed by atoms with van der Waals surface area (Å²) in [5, 5.41) is 4.09. The summed E-state index contributed by atoms with van der Waals surface area (Å²) in [5.41, 5.74) is 1.05. The smallest absolute Gasteiger partial charge is 0.243 e. The highest BCUT2D eigenvalue weighted by molar-refractivity contribution is 14.0. The number of piperidine rings is 1. The van der Waals surface area contributed by atoms with E-state index in [1.54, 1.807) is 16.4 Å². The zero-order valence-electron chi connectivity index (χ0n) is 17.3. The second kappa shape index (κ2) is 11.8. The molecule has 2 aliphatic rings. The van der Waals surface area contributed by atoms with E-state index in [-0.39, 0.29) is 24.0 Å². The lowest BCUT2D eigenvalue weighted by molar-refractivity contribution is 0.346. The van der Waals surface area contributed by atoms with Crippen LogP contribution >= 0.6 is 35.7 Å². The third kappa shape index (κ3) is 6.48. The Balaban J connectivity index is 0.00000300. The van der Waals surface area contributed by atoms with Gasteiger partial charge in [-0.3, -0.25) is 4.99 Å². The molecule has 2 aliphatic heterocycles. The molecule has 0 bridgehead atoms. The number of guanidine groups is 1. The highest BCUT2D eigenvalue weighted by Crippen LogP contribution is 2.22. The minimum absolute atomic E-state index is 0. The van der Waals surface area contributed by atoms with Crippen LogP contribution in [0.4, 0.5) is 0 Å². The zero-order valence-corrected chi connectivity index (χ0v) is 21.3. The van der Waals surface area contributed by atoms with Gasteiger partial charge in [0.25, 0.3) is 0 Å². The van der Waals surface area contributed by atoms with Crippen molar-refractivity contribution in [3.05, 3.63) is 29.8 Å². The Morgan fingerprint density at radius 2 is 1.86 bits per heavy atom. The van der Waals surface area contributed by atoms with E-state index in [0.29, 0.717) is 29.8 Å². The molecule has 0 radical (unpaired) electrons. The fourth-order valence-electron chi connectivity index (χ4n) is 3.71. The lowest BCUT2D eigenvalue weighted by Crippen LogP contribution is -2.47. The predicted molar refractivity (Wildman–Crippen MR) is 133 cm³/mol. The zero-order chi connectivity index (χ0) is 20.0. The van der Waals surface area contributed by atoms with Crippen LogP contribution in [0.5, 0.6) is 0 Å². The van der Waals surface area contributed by atoms with Crippen LogP contribution in [0.3, 0.4) is 0 Å². The largest absolute Gasteiger partial charge is 0.352 e. The molecule has 29 heavy (non-hydrogen) atoms. The molecule has 3 rings (SSSR count). The van der Waals surface area contributed by atoms with Gasteiger partial charge in [0.05, 0.1) is 4.90 Å². The lowest BCUT2D eigenvalue weighted by atomic mass is 10.2. The molecule has 1 unspecified atom stereocenters. The Hall–Kier alpha value is -0.520. The van der Waals surface area contributed by atoms with Crippen LogP contribution in [0, 0.1) is 0 Å². The summed E-state index contributed by atoms with van der Waals surface area (Å²) < 4.78 is 27.1. The third-order valence-electron chi connectivity index (χ3n) is 5.43. The van der Waals surface area contributed by atoms with Crippen molar-refractivity contribution in [1.29, 1.82) is 0 Å². The van der Waals surface area contributed by atoms with Gasteiger partial charge in [0.2, 0.25) is 10.0 Å². The standard InChI is InChI=1S/C20H32N4O2S2.HI/c1-3-18-16-23(13-14-27-18)20(21-2)22-15-17-7-9-19(10-8-17)28(25,26)24-11-5-4-6-12-24;/h7-10,18H,3-6,11-16H2,1-2H3,(H,21,22);1H. The second-order valence-corrected chi connectivity index (χ2v) is 10.7. The molecule has 1 N–H and O–H groups in total. The fraction of sp³-hybridized carbons (Fsp3) is 0.650. The van der Waals surface area contributed by atoms with E-state index in [4.69, 9.17) is 0 Å². The maximum atomic E-state index is 12.8. The van der Waals surface area contributed by atoms with Crippen molar-refractivity contribution in [2.75, 3.05) is 39.0 Å². The number of hydrogen-bond donors (Lipinski definition) is 1.